The molecule has 3 fully saturated rings. The van der Waals surface area contributed by atoms with E-state index < -0.39 is 0 Å². The molecule has 0 saturated heterocycles. The summed E-state index contributed by atoms with van der Waals surface area (Å²) in [4.78, 5) is 0. The van der Waals surface area contributed by atoms with Gasteiger partial charge in [-0.05, 0) is 104 Å². The van der Waals surface area contributed by atoms with Gasteiger partial charge in [-0.15, -0.1) is 0 Å². The van der Waals surface area contributed by atoms with Gasteiger partial charge in [-0.3, -0.25) is 0 Å². The molecule has 31 heavy (non-hydrogen) atoms. The SMILES string of the molecule is CC(C)CCC[C@@H](C)[C@H]1CCC2C3CC=C4CC(C(N)CN)CC[C@]4(C)C3CC[C@@]21C. The largest absolute Gasteiger partial charge is 0.329 e. The lowest BCUT2D eigenvalue weighted by molar-refractivity contribution is -0.0532. The van der Waals surface area contributed by atoms with Crippen molar-refractivity contribution in [3.8, 4) is 0 Å². The summed E-state index contributed by atoms with van der Waals surface area (Å²) in [5.41, 5.74) is 15.1. The zero-order valence-corrected chi connectivity index (χ0v) is 21.3. The lowest BCUT2D eigenvalue weighted by atomic mass is 9.46. The van der Waals surface area contributed by atoms with Crippen LogP contribution in [0.5, 0.6) is 0 Å². The fourth-order valence-electron chi connectivity index (χ4n) is 9.27. The summed E-state index contributed by atoms with van der Waals surface area (Å²) in [6, 6.07) is 0.186. The highest BCUT2D eigenvalue weighted by Gasteiger charge is 2.59. The molecule has 4 aliphatic carbocycles. The van der Waals surface area contributed by atoms with Gasteiger partial charge in [0.25, 0.3) is 0 Å². The summed E-state index contributed by atoms with van der Waals surface area (Å²) in [7, 11) is 0. The Hall–Kier alpha value is -0.340. The molecule has 0 aromatic rings. The highest BCUT2D eigenvalue weighted by molar-refractivity contribution is 5.25. The van der Waals surface area contributed by atoms with Crippen LogP contribution in [0.2, 0.25) is 0 Å². The van der Waals surface area contributed by atoms with Gasteiger partial charge in [0.05, 0.1) is 0 Å². The number of allylic oxidation sites excluding steroid dienone is 2. The van der Waals surface area contributed by atoms with E-state index in [1.165, 1.54) is 70.6 Å². The predicted molar refractivity (Wildman–Crippen MR) is 134 cm³/mol. The topological polar surface area (TPSA) is 52.0 Å². The van der Waals surface area contributed by atoms with E-state index >= 15 is 0 Å². The van der Waals surface area contributed by atoms with Crippen molar-refractivity contribution in [2.24, 2.45) is 63.7 Å². The Morgan fingerprint density at radius 1 is 1.00 bits per heavy atom. The Kier molecular flexibility index (Phi) is 7.01. The van der Waals surface area contributed by atoms with Crippen LogP contribution in [0, 0.1) is 52.3 Å². The Balaban J connectivity index is 1.47. The molecule has 2 heteroatoms. The molecule has 0 radical (unpaired) electrons. The van der Waals surface area contributed by atoms with Crippen LogP contribution in [0.3, 0.4) is 0 Å². The molecule has 5 unspecified atom stereocenters. The minimum absolute atomic E-state index is 0.186. The second-order valence-electron chi connectivity index (χ2n) is 13.2. The highest BCUT2D eigenvalue weighted by Crippen LogP contribution is 2.67. The molecule has 0 aromatic heterocycles. The molecule has 3 saturated carbocycles. The van der Waals surface area contributed by atoms with Crippen LogP contribution >= 0.6 is 0 Å². The molecule has 2 nitrogen and oxygen atoms in total. The van der Waals surface area contributed by atoms with E-state index in [4.69, 9.17) is 11.5 Å². The minimum Gasteiger partial charge on any atom is -0.329 e. The van der Waals surface area contributed by atoms with Crippen molar-refractivity contribution in [1.29, 1.82) is 0 Å². The molecule has 178 valence electrons. The first kappa shape index (κ1) is 23.8. The van der Waals surface area contributed by atoms with Crippen LogP contribution in [0.15, 0.2) is 11.6 Å². The zero-order chi connectivity index (χ0) is 22.4. The van der Waals surface area contributed by atoms with Crippen LogP contribution in [0.4, 0.5) is 0 Å². The van der Waals surface area contributed by atoms with Crippen molar-refractivity contribution in [2.45, 2.75) is 111 Å². The molecule has 0 aliphatic heterocycles. The molecular formula is C29H52N2. The van der Waals surface area contributed by atoms with Crippen LogP contribution in [0.25, 0.3) is 0 Å². The van der Waals surface area contributed by atoms with E-state index in [-0.39, 0.29) is 6.04 Å². The molecule has 0 aromatic carbocycles. The average Bonchev–Trinajstić information content (AvgIpc) is 3.09. The molecule has 4 rings (SSSR count). The number of rotatable bonds is 7. The molecule has 4 aliphatic rings. The van der Waals surface area contributed by atoms with Gasteiger partial charge in [-0.1, -0.05) is 65.5 Å². The Bertz CT molecular complexity index is 653. The summed E-state index contributed by atoms with van der Waals surface area (Å²) in [5, 5.41) is 0. The highest BCUT2D eigenvalue weighted by atomic mass is 14.7. The van der Waals surface area contributed by atoms with Crippen LogP contribution in [0.1, 0.15) is 105 Å². The van der Waals surface area contributed by atoms with Crippen LogP contribution in [-0.2, 0) is 0 Å². The molecule has 4 N–H and O–H groups in total. The van der Waals surface area contributed by atoms with E-state index in [1.54, 1.807) is 5.57 Å². The summed E-state index contributed by atoms with van der Waals surface area (Å²) >= 11 is 0. The first-order chi connectivity index (χ1) is 14.7. The standard InChI is InChI=1S/C29H52N2/c1-19(2)7-6-8-20(3)24-11-12-25-23-10-9-22-17-21(27(31)18-30)13-15-28(22,4)26(23)14-16-29(24,25)5/h9,19-21,23-27H,6-8,10-18,30-31H2,1-5H3/t20-,21?,23?,24-,25?,26?,27?,28+,29-/m1/s1. The van der Waals surface area contributed by atoms with Gasteiger partial charge in [0.2, 0.25) is 0 Å². The first-order valence-electron chi connectivity index (χ1n) is 13.9. The van der Waals surface area contributed by atoms with Crippen molar-refractivity contribution in [2.75, 3.05) is 6.54 Å². The summed E-state index contributed by atoms with van der Waals surface area (Å²) < 4.78 is 0. The second kappa shape index (κ2) is 9.13. The van der Waals surface area contributed by atoms with Crippen molar-refractivity contribution in [1.82, 2.24) is 0 Å². The van der Waals surface area contributed by atoms with Crippen molar-refractivity contribution in [3.63, 3.8) is 0 Å². The van der Waals surface area contributed by atoms with Gasteiger partial charge < -0.3 is 11.5 Å². The maximum absolute atomic E-state index is 6.37. The summed E-state index contributed by atoms with van der Waals surface area (Å²) in [6.07, 6.45) is 18.1. The van der Waals surface area contributed by atoms with Gasteiger partial charge in [-0.25, -0.2) is 0 Å². The smallest absolute Gasteiger partial charge is 0.0194 e. The third-order valence-electron chi connectivity index (χ3n) is 11.2. The lowest BCUT2D eigenvalue weighted by Gasteiger charge is -2.59. The maximum Gasteiger partial charge on any atom is 0.0194 e. The van der Waals surface area contributed by atoms with Crippen molar-refractivity contribution >= 4 is 0 Å². The van der Waals surface area contributed by atoms with Crippen LogP contribution < -0.4 is 11.5 Å². The van der Waals surface area contributed by atoms with E-state index in [0.29, 0.717) is 23.3 Å². The number of hydrogen-bond acceptors (Lipinski definition) is 2. The number of nitrogens with two attached hydrogens (primary N) is 2. The average molecular weight is 429 g/mol. The van der Waals surface area contributed by atoms with E-state index in [0.717, 1.165) is 35.5 Å². The first-order valence-corrected chi connectivity index (χ1v) is 13.9. The molecule has 0 heterocycles. The fraction of sp³-hybridized carbons (Fsp3) is 0.931. The fourth-order valence-corrected chi connectivity index (χ4v) is 9.27. The molecular weight excluding hydrogens is 376 g/mol. The third kappa shape index (κ3) is 4.18. The monoisotopic (exact) mass is 428 g/mol. The maximum atomic E-state index is 6.37. The third-order valence-corrected chi connectivity index (χ3v) is 11.2. The van der Waals surface area contributed by atoms with Crippen molar-refractivity contribution in [3.05, 3.63) is 11.6 Å². The van der Waals surface area contributed by atoms with Gasteiger partial charge in [0, 0.05) is 12.6 Å². The quantitative estimate of drug-likeness (QED) is 0.432. The Labute approximate surface area is 193 Å². The van der Waals surface area contributed by atoms with Gasteiger partial charge in [0.1, 0.15) is 0 Å². The Morgan fingerprint density at radius 3 is 2.48 bits per heavy atom. The Morgan fingerprint density at radius 2 is 1.77 bits per heavy atom. The summed E-state index contributed by atoms with van der Waals surface area (Å²) in [5.74, 6) is 6.13. The van der Waals surface area contributed by atoms with Crippen molar-refractivity contribution < 1.29 is 0 Å². The molecule has 0 spiro atoms. The number of hydrogen-bond donors (Lipinski definition) is 2. The van der Waals surface area contributed by atoms with E-state index in [2.05, 4.69) is 40.7 Å². The predicted octanol–water partition coefficient (Wildman–Crippen LogP) is 6.93. The van der Waals surface area contributed by atoms with E-state index in [9.17, 15) is 0 Å². The molecule has 9 atom stereocenters. The normalized spacial score (nSPS) is 44.3. The molecule has 0 amide bonds. The minimum atomic E-state index is 0.186. The van der Waals surface area contributed by atoms with Gasteiger partial charge in [0.15, 0.2) is 0 Å². The number of fused-ring (bicyclic) bond motifs is 5. The van der Waals surface area contributed by atoms with E-state index in [1.807, 2.05) is 0 Å². The van der Waals surface area contributed by atoms with Crippen LogP contribution in [-0.4, -0.2) is 12.6 Å². The van der Waals surface area contributed by atoms with Gasteiger partial charge in [-0.2, -0.15) is 0 Å². The zero-order valence-electron chi connectivity index (χ0n) is 21.3. The molecule has 0 bridgehead atoms. The van der Waals surface area contributed by atoms with Gasteiger partial charge >= 0.3 is 0 Å². The second-order valence-corrected chi connectivity index (χ2v) is 13.2. The lowest BCUT2D eigenvalue weighted by Crippen LogP contribution is -2.51. The summed E-state index contributed by atoms with van der Waals surface area (Å²) in [6.45, 7) is 13.3.